The Labute approximate surface area is 129 Å². The Hall–Kier alpha value is -1.93. The zero-order valence-electron chi connectivity index (χ0n) is 12.0. The summed E-state index contributed by atoms with van der Waals surface area (Å²) in [6.45, 7) is 3.77. The second kappa shape index (κ2) is 6.68. The standard InChI is InChI=1S/C19H19OS/c1-2-3-4-5-10-15-21-18-13-8-6-11-16(18)20-17-12-7-9-14-19(17)21/h2,6-15H,1,3-5H2/q+1/b15-10+. The number of fused-ring (bicyclic) bond motifs is 2. The summed E-state index contributed by atoms with van der Waals surface area (Å²) in [6, 6.07) is 16.7. The highest BCUT2D eigenvalue weighted by Gasteiger charge is 2.34. The number of hydrogen-bond donors (Lipinski definition) is 0. The molecule has 21 heavy (non-hydrogen) atoms. The van der Waals surface area contributed by atoms with Crippen molar-refractivity contribution in [3.63, 3.8) is 0 Å². The average molecular weight is 295 g/mol. The normalized spacial score (nSPS) is 13.5. The molecule has 0 saturated carbocycles. The minimum Gasteiger partial charge on any atom is -0.447 e. The molecule has 1 nitrogen and oxygen atoms in total. The molecule has 0 unspecified atom stereocenters. The van der Waals surface area contributed by atoms with Gasteiger partial charge in [-0.25, -0.2) is 0 Å². The Morgan fingerprint density at radius 2 is 1.52 bits per heavy atom. The molecule has 1 aliphatic rings. The summed E-state index contributed by atoms with van der Waals surface area (Å²) in [5, 5.41) is 2.34. The molecular formula is C19H19OS+. The van der Waals surface area contributed by atoms with Gasteiger partial charge < -0.3 is 4.74 Å². The predicted molar refractivity (Wildman–Crippen MR) is 90.0 cm³/mol. The maximum Gasteiger partial charge on any atom is 0.208 e. The molecule has 2 aromatic rings. The number of ether oxygens (including phenoxy) is 1. The maximum absolute atomic E-state index is 6.01. The van der Waals surface area contributed by atoms with Gasteiger partial charge in [0.05, 0.1) is 10.9 Å². The first-order valence-electron chi connectivity index (χ1n) is 7.26. The first-order valence-corrected chi connectivity index (χ1v) is 8.55. The van der Waals surface area contributed by atoms with E-state index >= 15 is 0 Å². The second-order valence-corrected chi connectivity index (χ2v) is 6.75. The van der Waals surface area contributed by atoms with Gasteiger partial charge in [-0.3, -0.25) is 0 Å². The van der Waals surface area contributed by atoms with Crippen LogP contribution in [0.4, 0.5) is 0 Å². The van der Waals surface area contributed by atoms with E-state index < -0.39 is 0 Å². The third-order valence-corrected chi connectivity index (χ3v) is 5.49. The summed E-state index contributed by atoms with van der Waals surface area (Å²) in [4.78, 5) is 2.55. The molecule has 0 N–H and O–H groups in total. The fourth-order valence-electron chi connectivity index (χ4n) is 2.36. The van der Waals surface area contributed by atoms with Gasteiger partial charge in [0.1, 0.15) is 5.41 Å². The van der Waals surface area contributed by atoms with E-state index in [4.69, 9.17) is 4.74 Å². The van der Waals surface area contributed by atoms with E-state index in [-0.39, 0.29) is 10.9 Å². The van der Waals surface area contributed by atoms with Crippen LogP contribution in [0.15, 0.2) is 82.5 Å². The van der Waals surface area contributed by atoms with E-state index in [1.165, 1.54) is 9.79 Å². The van der Waals surface area contributed by atoms with E-state index in [1.807, 2.05) is 18.2 Å². The van der Waals surface area contributed by atoms with Gasteiger partial charge in [-0.05, 0) is 49.6 Å². The van der Waals surface area contributed by atoms with Gasteiger partial charge in [-0.15, -0.1) is 6.58 Å². The number of benzene rings is 2. The first kappa shape index (κ1) is 14.0. The lowest BCUT2D eigenvalue weighted by molar-refractivity contribution is 0.453. The monoisotopic (exact) mass is 295 g/mol. The minimum absolute atomic E-state index is 0.0313. The number of unbranched alkanes of at least 4 members (excludes halogenated alkanes) is 2. The Balaban J connectivity index is 1.89. The lowest BCUT2D eigenvalue weighted by Crippen LogP contribution is -2.09. The van der Waals surface area contributed by atoms with Gasteiger partial charge in [0.15, 0.2) is 11.5 Å². The van der Waals surface area contributed by atoms with E-state index in [2.05, 4.69) is 54.5 Å². The molecule has 2 heteroatoms. The molecule has 1 heterocycles. The fourth-order valence-corrected chi connectivity index (χ4v) is 4.32. The van der Waals surface area contributed by atoms with Crippen molar-refractivity contribution in [2.24, 2.45) is 0 Å². The van der Waals surface area contributed by atoms with E-state index in [0.29, 0.717) is 0 Å². The molecule has 0 atom stereocenters. The van der Waals surface area contributed by atoms with Crippen molar-refractivity contribution < 1.29 is 4.74 Å². The minimum atomic E-state index is -0.0313. The van der Waals surface area contributed by atoms with Gasteiger partial charge in [0, 0.05) is 0 Å². The lowest BCUT2D eigenvalue weighted by atomic mass is 10.2. The molecule has 0 saturated heterocycles. The SMILES string of the molecule is C=CCCC/C=C/[S+]1c2ccccc2Oc2ccccc21. The highest BCUT2D eigenvalue weighted by molar-refractivity contribution is 8.00. The van der Waals surface area contributed by atoms with Crippen LogP contribution in [0.1, 0.15) is 19.3 Å². The number of hydrogen-bond acceptors (Lipinski definition) is 1. The highest BCUT2D eigenvalue weighted by Crippen LogP contribution is 2.43. The molecule has 1 aliphatic heterocycles. The van der Waals surface area contributed by atoms with Crippen molar-refractivity contribution in [3.8, 4) is 11.5 Å². The highest BCUT2D eigenvalue weighted by atomic mass is 32.2. The van der Waals surface area contributed by atoms with E-state index in [0.717, 1.165) is 30.8 Å². The molecule has 2 aromatic carbocycles. The van der Waals surface area contributed by atoms with Crippen LogP contribution in [-0.2, 0) is 10.9 Å². The molecule has 0 bridgehead atoms. The van der Waals surface area contributed by atoms with Crippen LogP contribution in [0.2, 0.25) is 0 Å². The van der Waals surface area contributed by atoms with Gasteiger partial charge >= 0.3 is 0 Å². The van der Waals surface area contributed by atoms with Gasteiger partial charge in [0.25, 0.3) is 0 Å². The summed E-state index contributed by atoms with van der Waals surface area (Å²) in [6.07, 6.45) is 7.62. The van der Waals surface area contributed by atoms with E-state index in [1.54, 1.807) is 0 Å². The Kier molecular flexibility index (Phi) is 4.46. The Bertz CT molecular complexity index is 615. The lowest BCUT2D eigenvalue weighted by Gasteiger charge is -2.17. The van der Waals surface area contributed by atoms with Crippen molar-refractivity contribution in [1.82, 2.24) is 0 Å². The summed E-state index contributed by atoms with van der Waals surface area (Å²) in [7, 11) is -0.0313. The van der Waals surface area contributed by atoms with Crippen molar-refractivity contribution in [2.45, 2.75) is 29.1 Å². The third-order valence-electron chi connectivity index (χ3n) is 3.40. The molecule has 0 aliphatic carbocycles. The zero-order chi connectivity index (χ0) is 14.5. The van der Waals surface area contributed by atoms with Crippen LogP contribution in [-0.4, -0.2) is 0 Å². The van der Waals surface area contributed by atoms with Crippen LogP contribution >= 0.6 is 0 Å². The smallest absolute Gasteiger partial charge is 0.208 e. The summed E-state index contributed by atoms with van der Waals surface area (Å²) < 4.78 is 6.01. The Morgan fingerprint density at radius 3 is 2.14 bits per heavy atom. The zero-order valence-corrected chi connectivity index (χ0v) is 12.8. The maximum atomic E-state index is 6.01. The van der Waals surface area contributed by atoms with Crippen molar-refractivity contribution in [1.29, 1.82) is 0 Å². The molecular weight excluding hydrogens is 276 g/mol. The molecule has 0 radical (unpaired) electrons. The molecule has 0 aromatic heterocycles. The summed E-state index contributed by atoms with van der Waals surface area (Å²) in [5.41, 5.74) is 0. The number of allylic oxidation sites excluding steroid dienone is 2. The van der Waals surface area contributed by atoms with Gasteiger partial charge in [-0.2, -0.15) is 0 Å². The van der Waals surface area contributed by atoms with Crippen molar-refractivity contribution >= 4 is 10.9 Å². The topological polar surface area (TPSA) is 9.23 Å². The fraction of sp³-hybridized carbons (Fsp3) is 0.158. The second-order valence-electron chi connectivity index (χ2n) is 4.92. The van der Waals surface area contributed by atoms with Crippen LogP contribution in [0, 0.1) is 0 Å². The summed E-state index contributed by atoms with van der Waals surface area (Å²) >= 11 is 0. The largest absolute Gasteiger partial charge is 0.447 e. The molecule has 0 fully saturated rings. The van der Waals surface area contributed by atoms with Crippen LogP contribution in [0.3, 0.4) is 0 Å². The first-order chi connectivity index (χ1) is 10.4. The van der Waals surface area contributed by atoms with Gasteiger partial charge in [-0.1, -0.05) is 30.3 Å². The average Bonchev–Trinajstić information content (AvgIpc) is 2.53. The van der Waals surface area contributed by atoms with Crippen molar-refractivity contribution in [3.05, 3.63) is 72.7 Å². The molecule has 3 rings (SSSR count). The quantitative estimate of drug-likeness (QED) is 0.390. The van der Waals surface area contributed by atoms with Crippen LogP contribution in [0.25, 0.3) is 0 Å². The summed E-state index contributed by atoms with van der Waals surface area (Å²) in [5.74, 6) is 1.96. The third kappa shape index (κ3) is 3.06. The predicted octanol–water partition coefficient (Wildman–Crippen LogP) is 5.70. The van der Waals surface area contributed by atoms with E-state index in [9.17, 15) is 0 Å². The molecule has 0 spiro atoms. The van der Waals surface area contributed by atoms with Crippen molar-refractivity contribution in [2.75, 3.05) is 0 Å². The number of rotatable bonds is 5. The number of para-hydroxylation sites is 2. The van der Waals surface area contributed by atoms with Crippen LogP contribution in [0.5, 0.6) is 11.5 Å². The molecule has 106 valence electrons. The van der Waals surface area contributed by atoms with Crippen LogP contribution < -0.4 is 4.74 Å². The van der Waals surface area contributed by atoms with Gasteiger partial charge in [0.2, 0.25) is 9.79 Å². The molecule has 0 amide bonds. The Morgan fingerprint density at radius 1 is 0.905 bits per heavy atom.